The highest BCUT2D eigenvalue weighted by molar-refractivity contribution is 6.02. The van der Waals surface area contributed by atoms with Gasteiger partial charge in [0, 0.05) is 94.1 Å². The van der Waals surface area contributed by atoms with E-state index in [1.54, 1.807) is 12.1 Å². The minimum absolute atomic E-state index is 0.00945. The quantitative estimate of drug-likeness (QED) is 0.127. The number of phenols is 1. The molecule has 4 atom stereocenters. The van der Waals surface area contributed by atoms with Crippen LogP contribution in [0.4, 0.5) is 25.1 Å². The molecular weight excluding hydrogens is 993 g/mol. The Labute approximate surface area is 454 Å². The molecule has 17 heteroatoms. The van der Waals surface area contributed by atoms with E-state index in [4.69, 9.17) is 29.2 Å². The van der Waals surface area contributed by atoms with Gasteiger partial charge in [0.05, 0.1) is 34.8 Å². The number of hydrogen-bond acceptors (Lipinski definition) is 12. The van der Waals surface area contributed by atoms with Crippen LogP contribution in [0.2, 0.25) is 0 Å². The summed E-state index contributed by atoms with van der Waals surface area (Å²) in [6.07, 6.45) is 15.1. The summed E-state index contributed by atoms with van der Waals surface area (Å²) < 4.78 is 54.0. The number of hydrogen-bond donors (Lipinski definition) is 2. The van der Waals surface area contributed by atoms with Gasteiger partial charge in [0.2, 0.25) is 5.91 Å². The molecular formula is C61H73F2N9O6. The van der Waals surface area contributed by atoms with Crippen LogP contribution in [-0.2, 0) is 34.2 Å². The van der Waals surface area contributed by atoms with E-state index in [-0.39, 0.29) is 52.6 Å². The lowest BCUT2D eigenvalue weighted by Gasteiger charge is -2.37. The molecule has 3 aromatic carbocycles. The van der Waals surface area contributed by atoms with Crippen LogP contribution >= 0.6 is 0 Å². The Balaban J connectivity index is 0.640. The topological polar surface area (TPSA) is 151 Å². The van der Waals surface area contributed by atoms with E-state index < -0.39 is 11.6 Å². The number of pyridine rings is 1. The number of ether oxygens (including phenoxy) is 3. The fourth-order valence-corrected chi connectivity index (χ4v) is 14.9. The highest BCUT2D eigenvalue weighted by Gasteiger charge is 2.50. The number of carbonyl (C=O) groups excluding carboxylic acids is 2. The van der Waals surface area contributed by atoms with Crippen LogP contribution in [0.3, 0.4) is 0 Å². The van der Waals surface area contributed by atoms with Gasteiger partial charge < -0.3 is 43.9 Å². The molecule has 0 radical (unpaired) electrons. The molecule has 13 rings (SSSR count). The Kier molecular flexibility index (Phi) is 13.8. The number of aryl methyl sites for hydroxylation is 3. The highest BCUT2D eigenvalue weighted by atomic mass is 19.1. The summed E-state index contributed by atoms with van der Waals surface area (Å²) >= 11 is 0. The highest BCUT2D eigenvalue weighted by Crippen LogP contribution is 2.46. The van der Waals surface area contributed by atoms with E-state index in [1.165, 1.54) is 53.5 Å². The van der Waals surface area contributed by atoms with Crippen LogP contribution in [0, 0.1) is 23.5 Å². The molecule has 6 aromatic rings. The van der Waals surface area contributed by atoms with Crippen LogP contribution in [0.5, 0.6) is 11.8 Å². The number of nitrogens with one attached hydrogen (secondary N) is 1. The maximum atomic E-state index is 17.6. The minimum atomic E-state index is -0.670. The Morgan fingerprint density at radius 3 is 2.54 bits per heavy atom. The van der Waals surface area contributed by atoms with Gasteiger partial charge >= 0.3 is 12.1 Å². The zero-order chi connectivity index (χ0) is 53.2. The maximum Gasteiger partial charge on any atom is 0.409 e. The molecule has 78 heavy (non-hydrogen) atoms. The van der Waals surface area contributed by atoms with Crippen molar-refractivity contribution in [3.05, 3.63) is 77.1 Å². The van der Waals surface area contributed by atoms with Crippen molar-refractivity contribution in [2.75, 3.05) is 82.0 Å². The van der Waals surface area contributed by atoms with Gasteiger partial charge in [-0.3, -0.25) is 9.69 Å². The van der Waals surface area contributed by atoms with Crippen molar-refractivity contribution < 1.29 is 37.7 Å². The number of carbonyl (C=O) groups is 2. The first kappa shape index (κ1) is 51.1. The van der Waals surface area contributed by atoms with Crippen LogP contribution in [0.1, 0.15) is 113 Å². The van der Waals surface area contributed by atoms with Crippen LogP contribution in [0.25, 0.3) is 43.8 Å². The van der Waals surface area contributed by atoms with Gasteiger partial charge in [-0.15, -0.1) is 0 Å². The van der Waals surface area contributed by atoms with Crippen molar-refractivity contribution in [2.24, 2.45) is 18.9 Å². The summed E-state index contributed by atoms with van der Waals surface area (Å²) in [6, 6.07) is 13.1. The van der Waals surface area contributed by atoms with Gasteiger partial charge in [-0.2, -0.15) is 9.97 Å². The number of nitrogens with zero attached hydrogens (tertiary/aromatic N) is 8. The number of piperidine rings is 3. The van der Waals surface area contributed by atoms with Gasteiger partial charge in [0.1, 0.15) is 41.8 Å². The van der Waals surface area contributed by atoms with Gasteiger partial charge in [0.15, 0.2) is 5.82 Å². The van der Waals surface area contributed by atoms with Crippen molar-refractivity contribution in [1.29, 1.82) is 0 Å². The van der Waals surface area contributed by atoms with E-state index in [0.717, 1.165) is 84.1 Å². The summed E-state index contributed by atoms with van der Waals surface area (Å²) in [4.78, 5) is 49.5. The third-order valence-electron chi connectivity index (χ3n) is 19.1. The zero-order valence-electron chi connectivity index (χ0n) is 45.2. The fourth-order valence-electron chi connectivity index (χ4n) is 14.9. The summed E-state index contributed by atoms with van der Waals surface area (Å²) in [5.74, 6) is 1.26. The molecule has 0 spiro atoms. The molecule has 0 bridgehead atoms. The number of aromatic hydroxyl groups is 1. The number of anilines is 2. The second kappa shape index (κ2) is 21.0. The van der Waals surface area contributed by atoms with Gasteiger partial charge in [-0.25, -0.2) is 18.6 Å². The Morgan fingerprint density at radius 1 is 0.897 bits per heavy atom. The van der Waals surface area contributed by atoms with Crippen molar-refractivity contribution in [3.63, 3.8) is 0 Å². The fraction of sp³-hybridized carbons (Fsp3) is 0.557. The molecule has 15 nitrogen and oxygen atoms in total. The van der Waals surface area contributed by atoms with E-state index in [2.05, 4.69) is 56.0 Å². The molecule has 10 heterocycles. The second-order valence-corrected chi connectivity index (χ2v) is 23.7. The third kappa shape index (κ3) is 9.43. The molecule has 7 aliphatic heterocycles. The first-order chi connectivity index (χ1) is 38.0. The van der Waals surface area contributed by atoms with E-state index in [0.29, 0.717) is 122 Å². The third-order valence-corrected chi connectivity index (χ3v) is 19.1. The van der Waals surface area contributed by atoms with E-state index >= 15 is 8.78 Å². The summed E-state index contributed by atoms with van der Waals surface area (Å²) in [6.45, 7) is 9.43. The zero-order valence-corrected chi connectivity index (χ0v) is 45.2. The predicted molar refractivity (Wildman–Crippen MR) is 296 cm³/mol. The number of fused-ring (bicyclic) bond motifs is 5. The first-order valence-electron chi connectivity index (χ1n) is 29.1. The molecule has 2 N–H and O–H groups in total. The molecule has 0 aliphatic carbocycles. The van der Waals surface area contributed by atoms with E-state index in [1.807, 2.05) is 11.8 Å². The number of amides is 2. The lowest BCUT2D eigenvalue weighted by atomic mass is 9.83. The van der Waals surface area contributed by atoms with Crippen molar-refractivity contribution in [2.45, 2.75) is 127 Å². The number of halogens is 2. The number of phenolic OH excluding ortho intramolecular Hbond substituents is 1. The van der Waals surface area contributed by atoms with Gasteiger partial charge in [-0.1, -0.05) is 19.1 Å². The molecule has 412 valence electrons. The molecule has 1 unspecified atom stereocenters. The predicted octanol–water partition coefficient (Wildman–Crippen LogP) is 9.95. The lowest BCUT2D eigenvalue weighted by molar-refractivity contribution is -0.122. The van der Waals surface area contributed by atoms with Crippen molar-refractivity contribution in [3.8, 4) is 23.0 Å². The summed E-state index contributed by atoms with van der Waals surface area (Å²) in [5, 5.41) is 16.9. The van der Waals surface area contributed by atoms with Gasteiger partial charge in [-0.05, 0) is 161 Å². The number of likely N-dealkylation sites (tertiary alicyclic amines) is 1. The standard InChI is InChI=1S/C61H73F2N9O6/c1-3-45-49(62)11-6-39-29-44(73)31-47(53(39)45)56-55(63)57-54-50(65-56)12-9-42-34-76-27-5-21-71(42)58(54)67-59(66-57)78-36-61-19-4-22-72(61)43(14-20-61)35-77-60(75)70-25-17-38(18-26-70)28-37-15-23-69(24-16-37)41-8-10-46-48(33-68(2)51(46)30-41)40-7-13-52(74)64-32-40/h6,8,10-11,29-31,33,37-38,40,42-43,73H,3-5,7,9,12-28,32,34-36H2,1-2H3,(H,64,74)/t40?,42-,43-,61-/m0/s1. The van der Waals surface area contributed by atoms with Crippen LogP contribution in [0.15, 0.2) is 48.7 Å². The Morgan fingerprint density at radius 2 is 1.73 bits per heavy atom. The SMILES string of the molecule is CCc1c(F)ccc2cc(O)cc(-c3nc4c5c(nc(OC[C@@]67CCCN6[C@H](COC(=O)N6CCC(CC8CCN(c9ccc%10c(C%11CCC(=O)NC%11)cn(C)c%10c9)CC8)CC6)CC7)nc5c3F)N3CCCOC[C@@H]3CC4)c12. The lowest BCUT2D eigenvalue weighted by Crippen LogP contribution is -2.48. The number of aromatic nitrogens is 4. The molecule has 6 fully saturated rings. The maximum absolute atomic E-state index is 17.6. The normalized spacial score (nSPS) is 24.4. The second-order valence-electron chi connectivity index (χ2n) is 23.7. The molecule has 7 aliphatic rings. The van der Waals surface area contributed by atoms with Crippen LogP contribution in [-0.4, -0.2) is 136 Å². The largest absolute Gasteiger partial charge is 0.508 e. The molecule has 2 amide bonds. The Bertz CT molecular complexity index is 3270. The van der Waals surface area contributed by atoms with E-state index in [9.17, 15) is 14.7 Å². The minimum Gasteiger partial charge on any atom is -0.508 e. The summed E-state index contributed by atoms with van der Waals surface area (Å²) in [5.41, 5.74) is 5.06. The monoisotopic (exact) mass is 1070 g/mol. The Hall–Kier alpha value is -6.33. The smallest absolute Gasteiger partial charge is 0.409 e. The summed E-state index contributed by atoms with van der Waals surface area (Å²) in [7, 11) is 2.13. The number of rotatable bonds is 11. The van der Waals surface area contributed by atoms with Gasteiger partial charge in [0.25, 0.3) is 0 Å². The molecule has 6 saturated heterocycles. The molecule has 0 saturated carbocycles. The average Bonchev–Trinajstić information content (AvgIpc) is 4.21. The average molecular weight is 1070 g/mol. The van der Waals surface area contributed by atoms with Crippen molar-refractivity contribution in [1.82, 2.24) is 34.6 Å². The first-order valence-corrected chi connectivity index (χ1v) is 29.1. The molecule has 3 aromatic heterocycles. The number of benzene rings is 3. The van der Waals surface area contributed by atoms with Crippen molar-refractivity contribution >= 4 is 56.1 Å². The van der Waals surface area contributed by atoms with Crippen LogP contribution < -0.4 is 19.9 Å².